The standard InChI is InChI=1S/C14H13F3N2O4S/c1-21-8-4-7(5-9(22-2)10(8)23-3)19-13(20)11-12(14(15,16)17)18-6-24-11/h4-6H,1-3H3,(H,19,20). The molecule has 2 aromatic rings. The molecular formula is C14H13F3N2O4S. The van der Waals surface area contributed by atoms with Gasteiger partial charge in [0.2, 0.25) is 5.75 Å². The van der Waals surface area contributed by atoms with E-state index in [9.17, 15) is 18.0 Å². The van der Waals surface area contributed by atoms with Gasteiger partial charge in [0, 0.05) is 17.8 Å². The van der Waals surface area contributed by atoms with E-state index in [1.54, 1.807) is 0 Å². The molecule has 0 aliphatic carbocycles. The highest BCUT2D eigenvalue weighted by Crippen LogP contribution is 2.40. The van der Waals surface area contributed by atoms with Gasteiger partial charge in [-0.05, 0) is 0 Å². The number of nitrogens with one attached hydrogen (secondary N) is 1. The lowest BCUT2D eigenvalue weighted by Crippen LogP contribution is -2.17. The molecule has 0 fully saturated rings. The predicted molar refractivity (Wildman–Crippen MR) is 81.2 cm³/mol. The van der Waals surface area contributed by atoms with E-state index in [1.165, 1.54) is 33.5 Å². The number of carbonyl (C=O) groups excluding carboxylic acids is 1. The maximum Gasteiger partial charge on any atom is 0.434 e. The highest BCUT2D eigenvalue weighted by molar-refractivity contribution is 7.12. The molecule has 6 nitrogen and oxygen atoms in total. The number of ether oxygens (including phenoxy) is 3. The molecular weight excluding hydrogens is 349 g/mol. The van der Waals surface area contributed by atoms with E-state index >= 15 is 0 Å². The summed E-state index contributed by atoms with van der Waals surface area (Å²) in [6.45, 7) is 0. The number of aromatic nitrogens is 1. The van der Waals surface area contributed by atoms with Gasteiger partial charge in [0.25, 0.3) is 5.91 Å². The molecule has 24 heavy (non-hydrogen) atoms. The van der Waals surface area contributed by atoms with Crippen molar-refractivity contribution in [1.29, 1.82) is 0 Å². The Labute approximate surface area is 139 Å². The van der Waals surface area contributed by atoms with Crippen LogP contribution >= 0.6 is 11.3 Å². The Balaban J connectivity index is 2.35. The van der Waals surface area contributed by atoms with Crippen LogP contribution in [0.5, 0.6) is 17.2 Å². The van der Waals surface area contributed by atoms with Gasteiger partial charge in [0.1, 0.15) is 4.88 Å². The minimum absolute atomic E-state index is 0.191. The topological polar surface area (TPSA) is 69.7 Å². The van der Waals surface area contributed by atoms with Crippen LogP contribution in [0.4, 0.5) is 18.9 Å². The Hall–Kier alpha value is -2.49. The number of rotatable bonds is 5. The second kappa shape index (κ2) is 6.95. The molecule has 0 unspecified atom stereocenters. The van der Waals surface area contributed by atoms with E-state index < -0.39 is 22.7 Å². The third-order valence-electron chi connectivity index (χ3n) is 2.96. The van der Waals surface area contributed by atoms with Crippen molar-refractivity contribution in [2.45, 2.75) is 6.18 Å². The van der Waals surface area contributed by atoms with E-state index in [0.29, 0.717) is 17.1 Å². The van der Waals surface area contributed by atoms with Gasteiger partial charge in [-0.25, -0.2) is 4.98 Å². The molecule has 1 heterocycles. The molecule has 0 saturated carbocycles. The molecule has 1 aromatic carbocycles. The van der Waals surface area contributed by atoms with Gasteiger partial charge in [-0.2, -0.15) is 13.2 Å². The number of thiazole rings is 1. The Bertz CT molecular complexity index is 721. The first kappa shape index (κ1) is 17.9. The van der Waals surface area contributed by atoms with Crippen LogP contribution < -0.4 is 19.5 Å². The SMILES string of the molecule is COc1cc(NC(=O)c2scnc2C(F)(F)F)cc(OC)c1OC. The number of halogens is 3. The van der Waals surface area contributed by atoms with Gasteiger partial charge in [-0.3, -0.25) is 4.79 Å². The second-order valence-corrected chi connectivity index (χ2v) is 5.25. The fraction of sp³-hybridized carbons (Fsp3) is 0.286. The van der Waals surface area contributed by atoms with Crippen LogP contribution in [0.15, 0.2) is 17.6 Å². The van der Waals surface area contributed by atoms with Gasteiger partial charge < -0.3 is 19.5 Å². The van der Waals surface area contributed by atoms with Gasteiger partial charge >= 0.3 is 6.18 Å². The molecule has 1 aromatic heterocycles. The molecule has 2 rings (SSSR count). The number of hydrogen-bond donors (Lipinski definition) is 1. The van der Waals surface area contributed by atoms with Crippen molar-refractivity contribution in [1.82, 2.24) is 4.98 Å². The Morgan fingerprint density at radius 1 is 1.12 bits per heavy atom. The normalized spacial score (nSPS) is 11.1. The summed E-state index contributed by atoms with van der Waals surface area (Å²) in [5, 5.41) is 2.37. The fourth-order valence-corrected chi connectivity index (χ4v) is 2.65. The van der Waals surface area contributed by atoms with Crippen molar-refractivity contribution in [3.05, 3.63) is 28.2 Å². The van der Waals surface area contributed by atoms with Gasteiger partial charge in [0.15, 0.2) is 17.2 Å². The summed E-state index contributed by atoms with van der Waals surface area (Å²) < 4.78 is 53.9. The lowest BCUT2D eigenvalue weighted by atomic mass is 10.2. The number of alkyl halides is 3. The average molecular weight is 362 g/mol. The van der Waals surface area contributed by atoms with Crippen LogP contribution in [-0.2, 0) is 6.18 Å². The van der Waals surface area contributed by atoms with Gasteiger partial charge in [-0.15, -0.1) is 11.3 Å². The van der Waals surface area contributed by atoms with Crippen molar-refractivity contribution < 1.29 is 32.2 Å². The second-order valence-electron chi connectivity index (χ2n) is 4.40. The number of carbonyl (C=O) groups is 1. The van der Waals surface area contributed by atoms with Gasteiger partial charge in [0.05, 0.1) is 26.8 Å². The molecule has 0 aliphatic heterocycles. The number of benzene rings is 1. The lowest BCUT2D eigenvalue weighted by molar-refractivity contribution is -0.141. The van der Waals surface area contributed by atoms with Crippen molar-refractivity contribution >= 4 is 22.9 Å². The zero-order valence-electron chi connectivity index (χ0n) is 12.9. The molecule has 10 heteroatoms. The van der Waals surface area contributed by atoms with Crippen LogP contribution in [0.25, 0.3) is 0 Å². The van der Waals surface area contributed by atoms with Crippen molar-refractivity contribution in [3.8, 4) is 17.2 Å². The van der Waals surface area contributed by atoms with Crippen LogP contribution in [0.3, 0.4) is 0 Å². The molecule has 0 aliphatic rings. The number of nitrogens with zero attached hydrogens (tertiary/aromatic N) is 1. The zero-order chi connectivity index (χ0) is 17.9. The first-order valence-electron chi connectivity index (χ1n) is 6.43. The summed E-state index contributed by atoms with van der Waals surface area (Å²) >= 11 is 0.601. The third kappa shape index (κ3) is 3.53. The molecule has 0 atom stereocenters. The van der Waals surface area contributed by atoms with Gasteiger partial charge in [-0.1, -0.05) is 0 Å². The largest absolute Gasteiger partial charge is 0.493 e. The zero-order valence-corrected chi connectivity index (χ0v) is 13.7. The monoisotopic (exact) mass is 362 g/mol. The van der Waals surface area contributed by atoms with Crippen LogP contribution in [0, 0.1) is 0 Å². The molecule has 0 spiro atoms. The first-order chi connectivity index (χ1) is 11.3. The highest BCUT2D eigenvalue weighted by Gasteiger charge is 2.38. The molecule has 0 bridgehead atoms. The number of methoxy groups -OCH3 is 3. The first-order valence-corrected chi connectivity index (χ1v) is 7.31. The maximum absolute atomic E-state index is 12.8. The van der Waals surface area contributed by atoms with Crippen molar-refractivity contribution in [2.75, 3.05) is 26.6 Å². The predicted octanol–water partition coefficient (Wildman–Crippen LogP) is 3.44. The summed E-state index contributed by atoms with van der Waals surface area (Å²) in [5.74, 6) is -0.120. The number of anilines is 1. The fourth-order valence-electron chi connectivity index (χ4n) is 1.95. The van der Waals surface area contributed by atoms with Crippen LogP contribution in [-0.4, -0.2) is 32.2 Å². The van der Waals surface area contributed by atoms with Crippen LogP contribution in [0.2, 0.25) is 0 Å². The minimum Gasteiger partial charge on any atom is -0.493 e. The van der Waals surface area contributed by atoms with E-state index in [1.807, 2.05) is 0 Å². The van der Waals surface area contributed by atoms with E-state index in [4.69, 9.17) is 14.2 Å². The Morgan fingerprint density at radius 3 is 2.17 bits per heavy atom. The maximum atomic E-state index is 12.8. The summed E-state index contributed by atoms with van der Waals surface area (Å²) in [6.07, 6.45) is -4.71. The highest BCUT2D eigenvalue weighted by atomic mass is 32.1. The molecule has 0 saturated heterocycles. The molecule has 0 radical (unpaired) electrons. The summed E-state index contributed by atoms with van der Waals surface area (Å²) in [7, 11) is 4.17. The van der Waals surface area contributed by atoms with Crippen molar-refractivity contribution in [3.63, 3.8) is 0 Å². The van der Waals surface area contributed by atoms with E-state index in [2.05, 4.69) is 10.3 Å². The quantitative estimate of drug-likeness (QED) is 0.882. The Kier molecular flexibility index (Phi) is 5.17. The van der Waals surface area contributed by atoms with Crippen molar-refractivity contribution in [2.24, 2.45) is 0 Å². The van der Waals surface area contributed by atoms with E-state index in [-0.39, 0.29) is 17.2 Å². The third-order valence-corrected chi connectivity index (χ3v) is 3.79. The minimum atomic E-state index is -4.71. The smallest absolute Gasteiger partial charge is 0.434 e. The summed E-state index contributed by atoms with van der Waals surface area (Å²) in [4.78, 5) is 14.8. The molecule has 1 N–H and O–H groups in total. The van der Waals surface area contributed by atoms with E-state index in [0.717, 1.165) is 5.51 Å². The lowest BCUT2D eigenvalue weighted by Gasteiger charge is -2.14. The molecule has 130 valence electrons. The Morgan fingerprint density at radius 2 is 1.71 bits per heavy atom. The number of hydrogen-bond acceptors (Lipinski definition) is 6. The number of amides is 1. The summed E-state index contributed by atoms with van der Waals surface area (Å²) in [5.41, 5.74) is -0.0686. The summed E-state index contributed by atoms with van der Waals surface area (Å²) in [6, 6.07) is 2.82. The molecule has 1 amide bonds. The average Bonchev–Trinajstić information content (AvgIpc) is 3.03. The van der Waals surface area contributed by atoms with Crippen LogP contribution in [0.1, 0.15) is 15.4 Å².